The van der Waals surface area contributed by atoms with Gasteiger partial charge >= 0.3 is 5.97 Å². The number of sulfone groups is 1. The maximum absolute atomic E-state index is 14.4. The van der Waals surface area contributed by atoms with Crippen molar-refractivity contribution in [3.8, 4) is 11.5 Å². The maximum atomic E-state index is 14.4. The number of aromatic hydroxyl groups is 1. The van der Waals surface area contributed by atoms with Crippen LogP contribution in [-0.4, -0.2) is 67.6 Å². The summed E-state index contributed by atoms with van der Waals surface area (Å²) in [7, 11) is -3.82. The second-order valence-electron chi connectivity index (χ2n) is 13.0. The summed E-state index contributed by atoms with van der Waals surface area (Å²) in [4.78, 5) is 41.1. The number of carboxylic acid groups (broad SMARTS) is 1. The molecule has 276 valence electrons. The number of rotatable bonds is 17. The lowest BCUT2D eigenvalue weighted by Gasteiger charge is -2.37. The van der Waals surface area contributed by atoms with E-state index in [2.05, 4.69) is 29.4 Å². The van der Waals surface area contributed by atoms with Gasteiger partial charge in [-0.05, 0) is 61.4 Å². The van der Waals surface area contributed by atoms with Crippen LogP contribution in [0.4, 0.5) is 11.4 Å². The zero-order valence-electron chi connectivity index (χ0n) is 29.7. The second kappa shape index (κ2) is 17.8. The fourth-order valence-corrected chi connectivity index (χ4v) is 9.15. The molecule has 51 heavy (non-hydrogen) atoms. The Morgan fingerprint density at radius 2 is 1.61 bits per heavy atom. The van der Waals surface area contributed by atoms with Crippen LogP contribution in [0.25, 0.3) is 0 Å². The van der Waals surface area contributed by atoms with Gasteiger partial charge in [-0.3, -0.25) is 9.59 Å². The van der Waals surface area contributed by atoms with E-state index >= 15 is 0 Å². The van der Waals surface area contributed by atoms with E-state index in [1.807, 2.05) is 42.7 Å². The zero-order chi connectivity index (χ0) is 37.2. The van der Waals surface area contributed by atoms with Crippen LogP contribution >= 0.6 is 11.8 Å². The monoisotopic (exact) mass is 739 g/mol. The molecule has 0 unspecified atom stereocenters. The number of carbonyl (C=O) groups is 3. The zero-order valence-corrected chi connectivity index (χ0v) is 31.3. The number of fused-ring (bicyclic) bond motifs is 1. The van der Waals surface area contributed by atoms with E-state index < -0.39 is 51.7 Å². The fourth-order valence-electron chi connectivity index (χ4n) is 6.49. The van der Waals surface area contributed by atoms with Gasteiger partial charge in [0.25, 0.3) is 5.91 Å². The smallest absolute Gasteiger partial charge is 0.326 e. The summed E-state index contributed by atoms with van der Waals surface area (Å²) in [6.45, 7) is 5.83. The Kier molecular flexibility index (Phi) is 13.8. The maximum Gasteiger partial charge on any atom is 0.326 e. The molecular formula is C38H49N3O8S2. The van der Waals surface area contributed by atoms with E-state index in [-0.39, 0.29) is 28.6 Å². The minimum atomic E-state index is -3.82. The molecular weight excluding hydrogens is 691 g/mol. The average Bonchev–Trinajstić information content (AvgIpc) is 3.21. The number of unbranched alkanes of at least 4 members (excludes halogenated alkanes) is 2. The number of phenols is 1. The molecule has 2 amide bonds. The third-order valence-electron chi connectivity index (χ3n) is 9.23. The lowest BCUT2D eigenvalue weighted by Crippen LogP contribution is -2.47. The molecule has 0 fully saturated rings. The van der Waals surface area contributed by atoms with Crippen molar-refractivity contribution in [1.29, 1.82) is 0 Å². The number of carbonyl (C=O) groups excluding carboxylic acids is 2. The van der Waals surface area contributed by atoms with E-state index in [4.69, 9.17) is 4.74 Å². The molecule has 0 bridgehead atoms. The number of para-hydroxylation sites is 1. The summed E-state index contributed by atoms with van der Waals surface area (Å²) in [5, 5.41) is 24.3. The van der Waals surface area contributed by atoms with E-state index in [0.717, 1.165) is 44.2 Å². The highest BCUT2D eigenvalue weighted by Gasteiger charge is 2.42. The Morgan fingerprint density at radius 3 is 2.18 bits per heavy atom. The lowest BCUT2D eigenvalue weighted by atomic mass is 9.79. The number of ether oxygens (including phenoxy) is 1. The number of phenolic OH excluding ortho intramolecular Hbond substituents is 1. The third-order valence-corrected chi connectivity index (χ3v) is 12.0. The fraction of sp³-hybridized carbons (Fsp3) is 0.447. The summed E-state index contributed by atoms with van der Waals surface area (Å²) in [6, 6.07) is 16.3. The first-order valence-electron chi connectivity index (χ1n) is 17.4. The molecule has 0 spiro atoms. The Labute approximate surface area is 305 Å². The molecule has 0 aliphatic carbocycles. The molecule has 0 saturated heterocycles. The van der Waals surface area contributed by atoms with Gasteiger partial charge in [-0.15, -0.1) is 11.8 Å². The molecule has 2 atom stereocenters. The van der Waals surface area contributed by atoms with Crippen LogP contribution in [0.1, 0.15) is 77.3 Å². The number of amides is 2. The summed E-state index contributed by atoms with van der Waals surface area (Å²) in [6.07, 6.45) is 7.26. The average molecular weight is 740 g/mol. The third kappa shape index (κ3) is 9.97. The highest BCUT2D eigenvalue weighted by atomic mass is 32.2. The van der Waals surface area contributed by atoms with E-state index in [0.29, 0.717) is 22.7 Å². The van der Waals surface area contributed by atoms with Crippen molar-refractivity contribution in [1.82, 2.24) is 10.6 Å². The lowest BCUT2D eigenvalue weighted by molar-refractivity contribution is -0.142. The first kappa shape index (κ1) is 39.6. The molecule has 1 aliphatic rings. The van der Waals surface area contributed by atoms with Crippen LogP contribution in [0.5, 0.6) is 11.5 Å². The molecule has 0 saturated carbocycles. The molecule has 0 radical (unpaired) electrons. The van der Waals surface area contributed by atoms with Crippen molar-refractivity contribution in [3.05, 3.63) is 72.3 Å². The summed E-state index contributed by atoms with van der Waals surface area (Å²) in [5.41, 5.74) is 1.29. The summed E-state index contributed by atoms with van der Waals surface area (Å²) in [5.74, 6) is -2.50. The Balaban J connectivity index is 1.68. The van der Waals surface area contributed by atoms with Crippen molar-refractivity contribution < 1.29 is 37.8 Å². The first-order chi connectivity index (χ1) is 24.4. The molecule has 1 heterocycles. The van der Waals surface area contributed by atoms with E-state index in [1.54, 1.807) is 6.92 Å². The van der Waals surface area contributed by atoms with Crippen LogP contribution in [-0.2, 0) is 24.2 Å². The van der Waals surface area contributed by atoms with Gasteiger partial charge in [0.2, 0.25) is 5.91 Å². The van der Waals surface area contributed by atoms with Crippen molar-refractivity contribution in [2.45, 2.75) is 87.6 Å². The molecule has 4 rings (SSSR count). The number of carboxylic acids is 1. The number of anilines is 2. The number of nitrogens with one attached hydrogen (secondary N) is 2. The Bertz CT molecular complexity index is 1760. The molecule has 3 aromatic rings. The normalized spacial score (nSPS) is 15.9. The van der Waals surface area contributed by atoms with Gasteiger partial charge in [0.15, 0.2) is 16.4 Å². The summed E-state index contributed by atoms with van der Waals surface area (Å²) < 4.78 is 34.8. The van der Waals surface area contributed by atoms with E-state index in [1.165, 1.54) is 42.1 Å². The first-order valence-corrected chi connectivity index (χ1v) is 20.3. The molecule has 13 heteroatoms. The van der Waals surface area contributed by atoms with Gasteiger partial charge in [-0.2, -0.15) is 0 Å². The largest absolute Gasteiger partial charge is 0.508 e. The number of hydrogen-bond acceptors (Lipinski definition) is 9. The van der Waals surface area contributed by atoms with Crippen LogP contribution in [0.3, 0.4) is 0 Å². The molecule has 11 nitrogen and oxygen atoms in total. The number of benzene rings is 3. The van der Waals surface area contributed by atoms with Crippen LogP contribution in [0.15, 0.2) is 76.5 Å². The highest BCUT2D eigenvalue weighted by Crippen LogP contribution is 2.47. The Hall–Kier alpha value is -4.23. The number of aliphatic carboxylic acids is 1. The summed E-state index contributed by atoms with van der Waals surface area (Å²) >= 11 is 1.36. The van der Waals surface area contributed by atoms with Gasteiger partial charge in [0.05, 0.1) is 21.2 Å². The standard InChI is InChI=1S/C38H49N3O8S2/c1-5-8-19-38(20-9-6-2)24-41(27-13-11-10-12-14-27)30-21-32(50-4)31(22-33(30)51(47,48)25-38)49-23-34(43)40-35(26-15-17-28(42)18-16-26)36(44)39-29(7-3)37(45)46/h10-18,21-22,29,35,42H,5-9,19-20,23-25H2,1-4H3,(H,39,44)(H,40,43)(H,45,46)/t29-,35+/m0/s1. The topological polar surface area (TPSA) is 162 Å². The molecule has 3 aromatic carbocycles. The van der Waals surface area contributed by atoms with Crippen molar-refractivity contribution in [2.75, 3.05) is 30.1 Å². The minimum Gasteiger partial charge on any atom is -0.508 e. The van der Waals surface area contributed by atoms with Crippen molar-refractivity contribution in [2.24, 2.45) is 5.41 Å². The van der Waals surface area contributed by atoms with Gasteiger partial charge in [0, 0.05) is 23.7 Å². The van der Waals surface area contributed by atoms with Crippen molar-refractivity contribution >= 4 is 50.8 Å². The Morgan fingerprint density at radius 1 is 0.961 bits per heavy atom. The van der Waals surface area contributed by atoms with Crippen molar-refractivity contribution in [3.63, 3.8) is 0 Å². The highest BCUT2D eigenvalue weighted by molar-refractivity contribution is 7.98. The molecule has 0 aromatic heterocycles. The van der Waals surface area contributed by atoms with Crippen LogP contribution in [0.2, 0.25) is 0 Å². The predicted molar refractivity (Wildman–Crippen MR) is 200 cm³/mol. The molecule has 4 N–H and O–H groups in total. The van der Waals surface area contributed by atoms with E-state index in [9.17, 15) is 33.0 Å². The second-order valence-corrected chi connectivity index (χ2v) is 15.9. The number of thioether (sulfide) groups is 1. The van der Waals surface area contributed by atoms with Gasteiger partial charge in [-0.1, -0.05) is 76.8 Å². The SMILES string of the molecule is CCCCC1(CCCC)CN(c2ccccc2)c2cc(SC)c(OCC(=O)N[C@@H](C(=O)N[C@@H](CC)C(=O)O)c3ccc(O)cc3)cc2S(=O)(=O)C1. The number of nitrogens with zero attached hydrogens (tertiary/aromatic N) is 1. The van der Waals surface area contributed by atoms with Gasteiger partial charge < -0.3 is 30.5 Å². The van der Waals surface area contributed by atoms with Gasteiger partial charge in [0.1, 0.15) is 23.6 Å². The number of hydrogen-bond donors (Lipinski definition) is 4. The van der Waals surface area contributed by atoms with Crippen LogP contribution < -0.4 is 20.3 Å². The van der Waals surface area contributed by atoms with Gasteiger partial charge in [-0.25, -0.2) is 13.2 Å². The quantitative estimate of drug-likeness (QED) is 0.111. The minimum absolute atomic E-state index is 0.00655. The molecule has 1 aliphatic heterocycles. The van der Waals surface area contributed by atoms with Crippen LogP contribution in [0, 0.1) is 5.41 Å². The predicted octanol–water partition coefficient (Wildman–Crippen LogP) is 6.62.